The number of fused-ring (bicyclic) bond motifs is 1. The Morgan fingerprint density at radius 3 is 2.64 bits per heavy atom. The number of benzene rings is 1. The first-order chi connectivity index (χ1) is 11.8. The smallest absolute Gasteiger partial charge is 0.346 e. The van der Waals surface area contributed by atoms with Crippen LogP contribution in [0.3, 0.4) is 0 Å². The molecule has 0 saturated heterocycles. The van der Waals surface area contributed by atoms with Gasteiger partial charge in [0.25, 0.3) is 5.91 Å². The van der Waals surface area contributed by atoms with Gasteiger partial charge in [-0.15, -0.1) is 0 Å². The Labute approximate surface area is 142 Å². The number of carbonyl (C=O) groups excluding carboxylic acids is 1. The lowest BCUT2D eigenvalue weighted by atomic mass is 10.1. The topological polar surface area (TPSA) is 46.9 Å². The van der Waals surface area contributed by atoms with Crippen molar-refractivity contribution in [2.24, 2.45) is 7.05 Å². The molecule has 0 spiro atoms. The van der Waals surface area contributed by atoms with Crippen LogP contribution in [0.2, 0.25) is 0 Å². The summed E-state index contributed by atoms with van der Waals surface area (Å²) in [4.78, 5) is 15.7. The molecule has 0 saturated carbocycles. The molecule has 1 aromatic carbocycles. The van der Waals surface area contributed by atoms with E-state index in [1.807, 2.05) is 42.8 Å². The highest BCUT2D eigenvalue weighted by atomic mass is 19.4. The van der Waals surface area contributed by atoms with Crippen molar-refractivity contribution in [3.05, 3.63) is 65.1 Å². The molecule has 3 rings (SSSR count). The van der Waals surface area contributed by atoms with Gasteiger partial charge in [-0.1, -0.05) is 18.2 Å². The van der Waals surface area contributed by atoms with Gasteiger partial charge in [-0.3, -0.25) is 9.78 Å². The molecule has 7 heteroatoms. The van der Waals surface area contributed by atoms with E-state index in [9.17, 15) is 18.0 Å². The van der Waals surface area contributed by atoms with E-state index in [0.717, 1.165) is 28.2 Å². The third-order valence-corrected chi connectivity index (χ3v) is 4.29. The molecule has 4 nitrogen and oxygen atoms in total. The van der Waals surface area contributed by atoms with Crippen molar-refractivity contribution in [3.63, 3.8) is 0 Å². The highest BCUT2D eigenvalue weighted by molar-refractivity contribution is 5.95. The van der Waals surface area contributed by atoms with Gasteiger partial charge in [-0.05, 0) is 24.6 Å². The van der Waals surface area contributed by atoms with Crippen LogP contribution in [0.1, 0.15) is 27.2 Å². The summed E-state index contributed by atoms with van der Waals surface area (Å²) >= 11 is 0. The predicted molar refractivity (Wildman–Crippen MR) is 88.1 cm³/mol. The number of rotatable bonds is 3. The van der Waals surface area contributed by atoms with E-state index >= 15 is 0 Å². The number of carbonyl (C=O) groups is 1. The first-order valence-corrected chi connectivity index (χ1v) is 7.63. The van der Waals surface area contributed by atoms with E-state index < -0.39 is 23.2 Å². The molecule has 0 aliphatic heterocycles. The van der Waals surface area contributed by atoms with Crippen LogP contribution < -0.4 is 5.32 Å². The molecule has 25 heavy (non-hydrogen) atoms. The van der Waals surface area contributed by atoms with Gasteiger partial charge in [0.1, 0.15) is 0 Å². The van der Waals surface area contributed by atoms with Crippen molar-refractivity contribution in [3.8, 4) is 0 Å². The highest BCUT2D eigenvalue weighted by Gasteiger charge is 2.35. The van der Waals surface area contributed by atoms with E-state index in [-0.39, 0.29) is 6.54 Å². The van der Waals surface area contributed by atoms with Crippen LogP contribution in [0.15, 0.2) is 42.7 Å². The Morgan fingerprint density at radius 2 is 1.96 bits per heavy atom. The van der Waals surface area contributed by atoms with Gasteiger partial charge >= 0.3 is 6.18 Å². The molecule has 3 aromatic rings. The van der Waals surface area contributed by atoms with Gasteiger partial charge < -0.3 is 9.88 Å². The number of hydrogen-bond acceptors (Lipinski definition) is 2. The maximum atomic E-state index is 13.0. The van der Waals surface area contributed by atoms with Crippen molar-refractivity contribution in [1.29, 1.82) is 0 Å². The standard InChI is InChI=1S/C18H16F3N3O/c1-11-12-5-3-4-6-15(12)24(2)16(11)10-23-17(25)13-7-8-22-9-14(13)18(19,20)21/h3-9H,10H2,1-2H3,(H,23,25). The number of nitrogens with one attached hydrogen (secondary N) is 1. The molecule has 1 N–H and O–H groups in total. The molecule has 1 amide bonds. The number of aromatic nitrogens is 2. The summed E-state index contributed by atoms with van der Waals surface area (Å²) in [7, 11) is 1.87. The zero-order valence-electron chi connectivity index (χ0n) is 13.7. The fraction of sp³-hybridized carbons (Fsp3) is 0.222. The highest BCUT2D eigenvalue weighted by Crippen LogP contribution is 2.31. The normalized spacial score (nSPS) is 11.7. The van der Waals surface area contributed by atoms with Crippen molar-refractivity contribution >= 4 is 16.8 Å². The molecule has 130 valence electrons. The number of nitrogens with zero attached hydrogens (tertiary/aromatic N) is 2. The number of hydrogen-bond donors (Lipinski definition) is 1. The van der Waals surface area contributed by atoms with Gasteiger partial charge in [0.05, 0.1) is 17.7 Å². The minimum absolute atomic E-state index is 0.134. The Kier molecular flexibility index (Phi) is 4.24. The summed E-state index contributed by atoms with van der Waals surface area (Å²) in [6.45, 7) is 2.06. The average molecular weight is 347 g/mol. The maximum absolute atomic E-state index is 13.0. The minimum Gasteiger partial charge on any atom is -0.346 e. The quantitative estimate of drug-likeness (QED) is 0.783. The van der Waals surface area contributed by atoms with Gasteiger partial charge in [-0.25, -0.2) is 0 Å². The molecule has 2 aromatic heterocycles. The van der Waals surface area contributed by atoms with Crippen molar-refractivity contribution in [2.45, 2.75) is 19.6 Å². The van der Waals surface area contributed by atoms with Crippen molar-refractivity contribution in [2.75, 3.05) is 0 Å². The molecule has 0 radical (unpaired) electrons. The third-order valence-electron chi connectivity index (χ3n) is 4.29. The van der Waals surface area contributed by atoms with Crippen molar-refractivity contribution < 1.29 is 18.0 Å². The summed E-state index contributed by atoms with van der Waals surface area (Å²) in [5, 5.41) is 3.63. The van der Waals surface area contributed by atoms with Crippen LogP contribution in [0.5, 0.6) is 0 Å². The molecule has 0 fully saturated rings. The molecular formula is C18H16F3N3O. The van der Waals surface area contributed by atoms with Crippen LogP contribution >= 0.6 is 0 Å². The molecule has 0 unspecified atom stereocenters. The van der Waals surface area contributed by atoms with Gasteiger partial charge in [-0.2, -0.15) is 13.2 Å². The average Bonchev–Trinajstić information content (AvgIpc) is 2.83. The Morgan fingerprint density at radius 1 is 1.24 bits per heavy atom. The summed E-state index contributed by atoms with van der Waals surface area (Å²) in [6, 6.07) is 8.84. The lowest BCUT2D eigenvalue weighted by Crippen LogP contribution is -2.27. The van der Waals surface area contributed by atoms with E-state index in [0.29, 0.717) is 6.20 Å². The van der Waals surface area contributed by atoms with Gasteiger partial charge in [0, 0.05) is 36.0 Å². The second kappa shape index (κ2) is 6.23. The lowest BCUT2D eigenvalue weighted by molar-refractivity contribution is -0.138. The SMILES string of the molecule is Cc1c(CNC(=O)c2ccncc2C(F)(F)F)n(C)c2ccccc12. The van der Waals surface area contributed by atoms with E-state index in [1.54, 1.807) is 0 Å². The maximum Gasteiger partial charge on any atom is 0.418 e. The molecule has 2 heterocycles. The summed E-state index contributed by atoms with van der Waals surface area (Å²) in [5.74, 6) is -0.778. The fourth-order valence-corrected chi connectivity index (χ4v) is 2.96. The number of pyridine rings is 1. The van der Waals surface area contributed by atoms with Crippen LogP contribution in [0, 0.1) is 6.92 Å². The van der Waals surface area contributed by atoms with Crippen LogP contribution in [-0.2, 0) is 19.8 Å². The number of para-hydroxylation sites is 1. The number of alkyl halides is 3. The molecule has 0 atom stereocenters. The molecule has 0 bridgehead atoms. The van der Waals surface area contributed by atoms with E-state index in [2.05, 4.69) is 10.3 Å². The summed E-state index contributed by atoms with van der Waals surface area (Å²) in [6.07, 6.45) is -2.79. The predicted octanol–water partition coefficient (Wildman–Crippen LogP) is 3.83. The second-order valence-corrected chi connectivity index (χ2v) is 5.75. The summed E-state index contributed by atoms with van der Waals surface area (Å²) in [5.41, 5.74) is 1.37. The molecule has 0 aliphatic carbocycles. The van der Waals surface area contributed by atoms with E-state index in [4.69, 9.17) is 0 Å². The Balaban J connectivity index is 1.87. The Hall–Kier alpha value is -2.83. The number of halogens is 3. The van der Waals surface area contributed by atoms with Crippen LogP contribution in [0.4, 0.5) is 13.2 Å². The first-order valence-electron chi connectivity index (χ1n) is 7.63. The first kappa shape index (κ1) is 17.0. The van der Waals surface area contributed by atoms with Gasteiger partial charge in [0.15, 0.2) is 0 Å². The fourth-order valence-electron chi connectivity index (χ4n) is 2.96. The summed E-state index contributed by atoms with van der Waals surface area (Å²) < 4.78 is 41.0. The monoisotopic (exact) mass is 347 g/mol. The lowest BCUT2D eigenvalue weighted by Gasteiger charge is -2.13. The molecular weight excluding hydrogens is 331 g/mol. The van der Waals surface area contributed by atoms with Crippen LogP contribution in [-0.4, -0.2) is 15.5 Å². The minimum atomic E-state index is -4.63. The second-order valence-electron chi connectivity index (χ2n) is 5.75. The van der Waals surface area contributed by atoms with Crippen LogP contribution in [0.25, 0.3) is 10.9 Å². The molecule has 0 aliphatic rings. The largest absolute Gasteiger partial charge is 0.418 e. The van der Waals surface area contributed by atoms with Gasteiger partial charge in [0.2, 0.25) is 0 Å². The number of amides is 1. The number of aryl methyl sites for hydroxylation is 2. The van der Waals surface area contributed by atoms with E-state index in [1.165, 1.54) is 6.20 Å². The zero-order chi connectivity index (χ0) is 18.2. The Bertz CT molecular complexity index is 905. The van der Waals surface area contributed by atoms with Crippen molar-refractivity contribution in [1.82, 2.24) is 14.9 Å². The third kappa shape index (κ3) is 3.09. The zero-order valence-corrected chi connectivity index (χ0v) is 13.7.